The summed E-state index contributed by atoms with van der Waals surface area (Å²) < 4.78 is 0. The third kappa shape index (κ3) is 3.67. The fraction of sp³-hybridized carbons (Fsp3) is 0.212. The maximum absolute atomic E-state index is 10.7. The van der Waals surface area contributed by atoms with Crippen molar-refractivity contribution >= 4 is 28.1 Å². The molecule has 0 saturated heterocycles. The Morgan fingerprint density at radius 3 is 2.30 bits per heavy atom. The molecule has 0 atom stereocenters. The van der Waals surface area contributed by atoms with Gasteiger partial charge in [0.25, 0.3) is 0 Å². The highest BCUT2D eigenvalue weighted by Crippen LogP contribution is 2.52. The molecule has 0 aliphatic carbocycles. The molecule has 4 heteroatoms. The molecular formula is C33H31N3O. The van der Waals surface area contributed by atoms with Gasteiger partial charge in [0.15, 0.2) is 0 Å². The van der Waals surface area contributed by atoms with Gasteiger partial charge in [-0.05, 0) is 58.5 Å². The summed E-state index contributed by atoms with van der Waals surface area (Å²) in [5.41, 5.74) is 8.09. The molecule has 1 aliphatic rings. The van der Waals surface area contributed by atoms with Crippen molar-refractivity contribution in [3.63, 3.8) is 0 Å². The number of phenols is 1. The number of aromatic hydroxyl groups is 1. The first-order chi connectivity index (χ1) is 17.7. The summed E-state index contributed by atoms with van der Waals surface area (Å²) in [4.78, 5) is 11.9. The van der Waals surface area contributed by atoms with Gasteiger partial charge in [-0.15, -0.1) is 0 Å². The standard InChI is InChI=1S/C33H31N3O/c1-32(2,3)25-20-26(35-31-22(25)11-10-14-29(31)37)21-16-17-24-28(19-21)36(30-15-8-9-18-34-30)27-13-7-6-12-23(27)33(24,4)5/h6-20,37H,1-5H3. The smallest absolute Gasteiger partial charge is 0.141 e. The van der Waals surface area contributed by atoms with Gasteiger partial charge in [-0.1, -0.05) is 83.1 Å². The highest BCUT2D eigenvalue weighted by atomic mass is 16.3. The molecule has 0 bridgehead atoms. The second-order valence-electron chi connectivity index (χ2n) is 11.4. The Hall–Kier alpha value is -4.18. The number of hydrogen-bond acceptors (Lipinski definition) is 4. The monoisotopic (exact) mass is 485 g/mol. The van der Waals surface area contributed by atoms with Gasteiger partial charge in [-0.2, -0.15) is 0 Å². The lowest BCUT2D eigenvalue weighted by atomic mass is 9.73. The molecule has 0 saturated carbocycles. The molecule has 1 aliphatic heterocycles. The van der Waals surface area contributed by atoms with Gasteiger partial charge < -0.3 is 5.11 Å². The van der Waals surface area contributed by atoms with Crippen molar-refractivity contribution in [1.29, 1.82) is 0 Å². The zero-order chi connectivity index (χ0) is 25.9. The van der Waals surface area contributed by atoms with Crippen LogP contribution in [0.25, 0.3) is 22.2 Å². The second kappa shape index (κ2) is 8.17. The number of aromatic nitrogens is 2. The normalized spacial score (nSPS) is 14.4. The third-order valence-corrected chi connectivity index (χ3v) is 7.53. The molecule has 0 spiro atoms. The minimum Gasteiger partial charge on any atom is -0.506 e. The fourth-order valence-corrected chi connectivity index (χ4v) is 5.61. The van der Waals surface area contributed by atoms with E-state index < -0.39 is 0 Å². The highest BCUT2D eigenvalue weighted by molar-refractivity contribution is 5.92. The van der Waals surface area contributed by atoms with Crippen LogP contribution in [0.4, 0.5) is 17.2 Å². The lowest BCUT2D eigenvalue weighted by molar-refractivity contribution is 0.480. The van der Waals surface area contributed by atoms with E-state index in [1.165, 1.54) is 11.1 Å². The molecule has 0 unspecified atom stereocenters. The quantitative estimate of drug-likeness (QED) is 0.273. The second-order valence-corrected chi connectivity index (χ2v) is 11.4. The number of rotatable bonds is 2. The minimum atomic E-state index is -0.179. The van der Waals surface area contributed by atoms with Crippen LogP contribution in [0.15, 0.2) is 91.1 Å². The molecule has 0 radical (unpaired) electrons. The van der Waals surface area contributed by atoms with E-state index in [4.69, 9.17) is 9.97 Å². The lowest BCUT2D eigenvalue weighted by Crippen LogP contribution is -2.30. The molecular weight excluding hydrogens is 454 g/mol. The van der Waals surface area contributed by atoms with E-state index in [2.05, 4.69) is 94.1 Å². The van der Waals surface area contributed by atoms with Crippen LogP contribution < -0.4 is 4.90 Å². The Morgan fingerprint density at radius 2 is 1.54 bits per heavy atom. The topological polar surface area (TPSA) is 49.2 Å². The Balaban J connectivity index is 1.62. The molecule has 0 fully saturated rings. The Bertz CT molecular complexity index is 1650. The van der Waals surface area contributed by atoms with Crippen molar-refractivity contribution in [2.75, 3.05) is 4.90 Å². The molecule has 37 heavy (non-hydrogen) atoms. The van der Waals surface area contributed by atoms with E-state index in [0.29, 0.717) is 5.52 Å². The summed E-state index contributed by atoms with van der Waals surface area (Å²) in [6, 6.07) is 29.0. The lowest BCUT2D eigenvalue weighted by Gasteiger charge is -2.41. The van der Waals surface area contributed by atoms with Crippen molar-refractivity contribution in [3.8, 4) is 17.0 Å². The fourth-order valence-electron chi connectivity index (χ4n) is 5.61. The molecule has 1 N–H and O–H groups in total. The van der Waals surface area contributed by atoms with Crippen molar-refractivity contribution in [2.45, 2.75) is 45.4 Å². The van der Waals surface area contributed by atoms with Crippen molar-refractivity contribution in [3.05, 3.63) is 108 Å². The van der Waals surface area contributed by atoms with Crippen molar-refractivity contribution < 1.29 is 5.11 Å². The van der Waals surface area contributed by atoms with Gasteiger partial charge in [0.1, 0.15) is 17.1 Å². The maximum Gasteiger partial charge on any atom is 0.141 e. The van der Waals surface area contributed by atoms with Gasteiger partial charge in [0.05, 0.1) is 17.1 Å². The van der Waals surface area contributed by atoms with Crippen LogP contribution in [0.3, 0.4) is 0 Å². The SMILES string of the molecule is CC(C)(C)c1cc(-c2ccc3c(c2)N(c2ccccn2)c2ccccc2C3(C)C)nc2c(O)cccc12. The first-order valence-corrected chi connectivity index (χ1v) is 12.7. The van der Waals surface area contributed by atoms with Crippen LogP contribution >= 0.6 is 0 Å². The van der Waals surface area contributed by atoms with E-state index in [9.17, 15) is 5.11 Å². The van der Waals surface area contributed by atoms with E-state index in [0.717, 1.165) is 39.4 Å². The molecule has 3 heterocycles. The third-order valence-electron chi connectivity index (χ3n) is 7.53. The summed E-state index contributed by atoms with van der Waals surface area (Å²) in [6.07, 6.45) is 1.84. The van der Waals surface area contributed by atoms with Crippen LogP contribution in [0.2, 0.25) is 0 Å². The average Bonchev–Trinajstić information content (AvgIpc) is 2.88. The number of hydrogen-bond donors (Lipinski definition) is 1. The highest BCUT2D eigenvalue weighted by Gasteiger charge is 2.37. The maximum atomic E-state index is 10.7. The van der Waals surface area contributed by atoms with Crippen molar-refractivity contribution in [1.82, 2.24) is 9.97 Å². The predicted molar refractivity (Wildman–Crippen MR) is 152 cm³/mol. The van der Waals surface area contributed by atoms with Crippen molar-refractivity contribution in [2.24, 2.45) is 0 Å². The zero-order valence-electron chi connectivity index (χ0n) is 21.9. The molecule has 184 valence electrons. The molecule has 6 rings (SSSR count). The van der Waals surface area contributed by atoms with Crippen LogP contribution in [-0.4, -0.2) is 15.1 Å². The van der Waals surface area contributed by atoms with Crippen LogP contribution in [0.1, 0.15) is 51.3 Å². The van der Waals surface area contributed by atoms with Gasteiger partial charge in [0.2, 0.25) is 0 Å². The number of phenolic OH excluding ortho intramolecular Hbond substituents is 1. The number of benzene rings is 3. The number of nitrogens with zero attached hydrogens (tertiary/aromatic N) is 3. The van der Waals surface area contributed by atoms with Gasteiger partial charge in [0, 0.05) is 22.6 Å². The zero-order valence-corrected chi connectivity index (χ0v) is 21.9. The summed E-state index contributed by atoms with van der Waals surface area (Å²) >= 11 is 0. The summed E-state index contributed by atoms with van der Waals surface area (Å²) in [7, 11) is 0. The van der Waals surface area contributed by atoms with Crippen LogP contribution in [0.5, 0.6) is 5.75 Å². The largest absolute Gasteiger partial charge is 0.506 e. The first-order valence-electron chi connectivity index (χ1n) is 12.7. The van der Waals surface area contributed by atoms with E-state index >= 15 is 0 Å². The minimum absolute atomic E-state index is 0.112. The average molecular weight is 486 g/mol. The van der Waals surface area contributed by atoms with Crippen LogP contribution in [-0.2, 0) is 10.8 Å². The molecule has 0 amide bonds. The molecule has 4 nitrogen and oxygen atoms in total. The molecule has 5 aromatic rings. The molecule has 3 aromatic carbocycles. The van der Waals surface area contributed by atoms with Gasteiger partial charge in [-0.25, -0.2) is 9.97 Å². The van der Waals surface area contributed by atoms with E-state index in [1.807, 2.05) is 30.5 Å². The number of para-hydroxylation sites is 2. The summed E-state index contributed by atoms with van der Waals surface area (Å²) in [6.45, 7) is 11.2. The number of pyridine rings is 2. The van der Waals surface area contributed by atoms with E-state index in [1.54, 1.807) is 6.07 Å². The Morgan fingerprint density at radius 1 is 0.784 bits per heavy atom. The van der Waals surface area contributed by atoms with Gasteiger partial charge in [-0.3, -0.25) is 4.90 Å². The number of fused-ring (bicyclic) bond motifs is 3. The van der Waals surface area contributed by atoms with Crippen LogP contribution in [0, 0.1) is 0 Å². The Kier molecular flexibility index (Phi) is 5.13. The summed E-state index contributed by atoms with van der Waals surface area (Å²) in [5, 5.41) is 11.7. The molecule has 2 aromatic heterocycles. The van der Waals surface area contributed by atoms with Gasteiger partial charge >= 0.3 is 0 Å². The predicted octanol–water partition coefficient (Wildman–Crippen LogP) is 8.41. The first kappa shape index (κ1) is 23.2. The van der Waals surface area contributed by atoms with E-state index in [-0.39, 0.29) is 16.6 Å². The number of anilines is 3. The summed E-state index contributed by atoms with van der Waals surface area (Å²) in [5.74, 6) is 1.08. The Labute approximate surface area is 218 Å².